The third kappa shape index (κ3) is 4.11. The maximum absolute atomic E-state index is 13.2. The van der Waals surface area contributed by atoms with Gasteiger partial charge in [0.2, 0.25) is 0 Å². The van der Waals surface area contributed by atoms with Crippen LogP contribution in [-0.2, 0) is 16.8 Å². The minimum Gasteiger partial charge on any atom is -0.391 e. The summed E-state index contributed by atoms with van der Waals surface area (Å²) in [6, 6.07) is -0.592. The Bertz CT molecular complexity index is 643. The number of hydrogen-bond donors (Lipinski definition) is 2. The maximum Gasteiger partial charge on any atom is 0.279 e. The van der Waals surface area contributed by atoms with Crippen molar-refractivity contribution in [3.63, 3.8) is 0 Å². The minimum atomic E-state index is -3.86. The zero-order valence-corrected chi connectivity index (χ0v) is 14.0. The molecule has 1 aromatic heterocycles. The fraction of sp³-hybridized carbons (Fsp3) is 0.786. The number of halogens is 2. The predicted molar refractivity (Wildman–Crippen MR) is 82.6 cm³/mol. The zero-order chi connectivity index (χ0) is 17.4. The highest BCUT2D eigenvalue weighted by Gasteiger charge is 2.41. The second-order valence-electron chi connectivity index (χ2n) is 6.65. The fourth-order valence-electron chi connectivity index (χ4n) is 3.41. The van der Waals surface area contributed by atoms with Gasteiger partial charge in [0.1, 0.15) is 0 Å². The molecule has 1 saturated heterocycles. The van der Waals surface area contributed by atoms with Gasteiger partial charge in [0.25, 0.3) is 16.1 Å². The Morgan fingerprint density at radius 1 is 1.29 bits per heavy atom. The lowest BCUT2D eigenvalue weighted by atomic mass is 10.1. The van der Waals surface area contributed by atoms with Crippen LogP contribution in [0.1, 0.15) is 25.7 Å². The first kappa shape index (κ1) is 17.7. The summed E-state index contributed by atoms with van der Waals surface area (Å²) in [5.74, 6) is -2.66. The van der Waals surface area contributed by atoms with E-state index in [0.717, 1.165) is 4.31 Å². The van der Waals surface area contributed by atoms with Crippen molar-refractivity contribution in [1.29, 1.82) is 0 Å². The van der Waals surface area contributed by atoms with Gasteiger partial charge in [-0.25, -0.2) is 13.8 Å². The van der Waals surface area contributed by atoms with Gasteiger partial charge >= 0.3 is 0 Å². The molecule has 3 rings (SSSR count). The number of alkyl halides is 2. The van der Waals surface area contributed by atoms with E-state index in [1.165, 1.54) is 0 Å². The lowest BCUT2D eigenvalue weighted by Gasteiger charge is -2.32. The van der Waals surface area contributed by atoms with Crippen LogP contribution >= 0.6 is 0 Å². The summed E-state index contributed by atoms with van der Waals surface area (Å²) in [6.45, 7) is 0.248. The molecule has 2 aliphatic rings. The van der Waals surface area contributed by atoms with Crippen molar-refractivity contribution in [2.24, 2.45) is 5.92 Å². The molecule has 0 aromatic carbocycles. The van der Waals surface area contributed by atoms with E-state index in [-0.39, 0.29) is 19.0 Å². The summed E-state index contributed by atoms with van der Waals surface area (Å²) in [7, 11) is -3.86. The van der Waals surface area contributed by atoms with E-state index in [0.29, 0.717) is 19.4 Å². The number of rotatable bonds is 5. The van der Waals surface area contributed by atoms with E-state index in [1.807, 2.05) is 10.8 Å². The quantitative estimate of drug-likeness (QED) is 0.800. The molecule has 1 aromatic rings. The minimum absolute atomic E-state index is 0.132. The third-order valence-corrected chi connectivity index (χ3v) is 6.39. The molecule has 2 fully saturated rings. The molecule has 10 heteroatoms. The summed E-state index contributed by atoms with van der Waals surface area (Å²) in [6.07, 6.45) is 4.44. The highest BCUT2D eigenvalue weighted by atomic mass is 32.2. The first-order valence-corrected chi connectivity index (χ1v) is 9.48. The van der Waals surface area contributed by atoms with Gasteiger partial charge in [-0.2, -0.15) is 17.4 Å². The second-order valence-corrected chi connectivity index (χ2v) is 8.35. The molecule has 1 aliphatic heterocycles. The summed E-state index contributed by atoms with van der Waals surface area (Å²) in [5.41, 5.74) is 0. The first-order valence-electron chi connectivity index (χ1n) is 8.04. The highest BCUT2D eigenvalue weighted by Crippen LogP contribution is 2.31. The van der Waals surface area contributed by atoms with Crippen LogP contribution in [0.2, 0.25) is 0 Å². The molecule has 1 aliphatic carbocycles. The van der Waals surface area contributed by atoms with Crippen molar-refractivity contribution in [3.05, 3.63) is 18.7 Å². The molecule has 0 amide bonds. The van der Waals surface area contributed by atoms with Gasteiger partial charge in [0.15, 0.2) is 0 Å². The zero-order valence-electron chi connectivity index (χ0n) is 13.2. The van der Waals surface area contributed by atoms with Crippen LogP contribution in [0.4, 0.5) is 8.78 Å². The molecule has 2 heterocycles. The molecule has 0 bridgehead atoms. The van der Waals surface area contributed by atoms with Gasteiger partial charge in [-0.05, 0) is 18.8 Å². The summed E-state index contributed by atoms with van der Waals surface area (Å²) < 4.78 is 56.5. The van der Waals surface area contributed by atoms with E-state index < -0.39 is 41.1 Å². The van der Waals surface area contributed by atoms with E-state index in [2.05, 4.69) is 9.71 Å². The Balaban J connectivity index is 1.57. The topological polar surface area (TPSA) is 87.5 Å². The third-order valence-electron chi connectivity index (χ3n) is 4.75. The molecular formula is C14H22F2N4O3S. The molecule has 2 N–H and O–H groups in total. The summed E-state index contributed by atoms with van der Waals surface area (Å²) >= 11 is 0. The number of aliphatic hydroxyl groups is 1. The molecule has 0 radical (unpaired) electrons. The average molecular weight is 364 g/mol. The van der Waals surface area contributed by atoms with Gasteiger partial charge in [0.05, 0.1) is 12.4 Å². The number of piperidine rings is 1. The maximum atomic E-state index is 13.2. The van der Waals surface area contributed by atoms with Crippen molar-refractivity contribution >= 4 is 10.2 Å². The highest BCUT2D eigenvalue weighted by molar-refractivity contribution is 7.87. The van der Waals surface area contributed by atoms with Crippen LogP contribution in [0.3, 0.4) is 0 Å². The van der Waals surface area contributed by atoms with Crippen LogP contribution in [0, 0.1) is 5.92 Å². The van der Waals surface area contributed by atoms with Crippen LogP contribution in [0.15, 0.2) is 18.7 Å². The molecule has 3 atom stereocenters. The van der Waals surface area contributed by atoms with Crippen LogP contribution in [0.25, 0.3) is 0 Å². The fourth-order valence-corrected chi connectivity index (χ4v) is 4.85. The standard InChI is InChI=1S/C14H22F2N4O3S/c15-14(16)1-4-20(5-2-14)24(22,23)18-12-7-11(8-13(12)21)9-19-6-3-17-10-19/h3,6,10-13,18,21H,1-2,4-5,7-9H2/t11?,12-,13-/m1/s1. The summed E-state index contributed by atoms with van der Waals surface area (Å²) in [5, 5.41) is 10.1. The van der Waals surface area contributed by atoms with Crippen LogP contribution in [-0.4, -0.2) is 58.5 Å². The molecular weight excluding hydrogens is 342 g/mol. The average Bonchev–Trinajstić information content (AvgIpc) is 3.09. The Morgan fingerprint density at radius 2 is 2.00 bits per heavy atom. The molecule has 136 valence electrons. The lowest BCUT2D eigenvalue weighted by molar-refractivity contribution is -0.0414. The number of nitrogens with one attached hydrogen (secondary N) is 1. The van der Waals surface area contributed by atoms with Gasteiger partial charge in [-0.3, -0.25) is 0 Å². The second kappa shape index (κ2) is 6.66. The predicted octanol–water partition coefficient (Wildman–Crippen LogP) is 0.588. The number of hydrogen-bond acceptors (Lipinski definition) is 4. The van der Waals surface area contributed by atoms with Gasteiger partial charge in [-0.1, -0.05) is 0 Å². The SMILES string of the molecule is O=S(=O)(N[C@@H]1CC(Cn2ccnc2)C[C@H]1O)N1CCC(F)(F)CC1. The molecule has 7 nitrogen and oxygen atoms in total. The van der Waals surface area contributed by atoms with E-state index in [9.17, 15) is 22.3 Å². The number of imidazole rings is 1. The van der Waals surface area contributed by atoms with E-state index in [4.69, 9.17) is 0 Å². The number of nitrogens with zero attached hydrogens (tertiary/aromatic N) is 3. The monoisotopic (exact) mass is 364 g/mol. The molecule has 1 unspecified atom stereocenters. The Kier molecular flexibility index (Phi) is 4.92. The molecule has 0 spiro atoms. The first-order chi connectivity index (χ1) is 11.3. The van der Waals surface area contributed by atoms with Crippen molar-refractivity contribution in [3.8, 4) is 0 Å². The van der Waals surface area contributed by atoms with Gasteiger partial charge < -0.3 is 9.67 Å². The van der Waals surface area contributed by atoms with E-state index >= 15 is 0 Å². The summed E-state index contributed by atoms with van der Waals surface area (Å²) in [4.78, 5) is 3.96. The van der Waals surface area contributed by atoms with Gasteiger partial charge in [-0.15, -0.1) is 0 Å². The van der Waals surface area contributed by atoms with Crippen LogP contribution in [0.5, 0.6) is 0 Å². The normalized spacial score (nSPS) is 31.4. The van der Waals surface area contributed by atoms with Crippen molar-refractivity contribution in [2.75, 3.05) is 13.1 Å². The van der Waals surface area contributed by atoms with Crippen LogP contribution < -0.4 is 4.72 Å². The van der Waals surface area contributed by atoms with E-state index in [1.54, 1.807) is 12.5 Å². The number of aliphatic hydroxyl groups excluding tert-OH is 1. The largest absolute Gasteiger partial charge is 0.391 e. The van der Waals surface area contributed by atoms with Crippen molar-refractivity contribution in [1.82, 2.24) is 18.6 Å². The van der Waals surface area contributed by atoms with Crippen molar-refractivity contribution < 1.29 is 22.3 Å². The number of aromatic nitrogens is 2. The lowest BCUT2D eigenvalue weighted by Crippen LogP contribution is -2.51. The Hall–Kier alpha value is -1.10. The Labute approximate surface area is 139 Å². The Morgan fingerprint density at radius 3 is 2.62 bits per heavy atom. The van der Waals surface area contributed by atoms with Crippen molar-refractivity contribution in [2.45, 2.75) is 50.3 Å². The molecule has 1 saturated carbocycles. The molecule has 24 heavy (non-hydrogen) atoms. The smallest absolute Gasteiger partial charge is 0.279 e. The van der Waals surface area contributed by atoms with Gasteiger partial charge in [0, 0.05) is 50.9 Å².